The zero-order chi connectivity index (χ0) is 12.3. The van der Waals surface area contributed by atoms with E-state index in [0.717, 1.165) is 11.3 Å². The molecule has 2 nitrogen and oxygen atoms in total. The second kappa shape index (κ2) is 4.85. The molecule has 89 valence electrons. The molecule has 2 rings (SSSR count). The zero-order valence-electron chi connectivity index (χ0n) is 8.44. The Bertz CT molecular complexity index is 455. The largest absolute Gasteiger partial charge is 0.523 e. The van der Waals surface area contributed by atoms with Crippen LogP contribution in [-0.4, -0.2) is 11.3 Å². The molecule has 17 heavy (non-hydrogen) atoms. The molecule has 0 fully saturated rings. The van der Waals surface area contributed by atoms with Crippen LogP contribution in [0, 0.1) is 6.10 Å². The Morgan fingerprint density at radius 3 is 2.41 bits per heavy atom. The summed E-state index contributed by atoms with van der Waals surface area (Å²) in [5.74, 6) is 0. The lowest BCUT2D eigenvalue weighted by atomic mass is 10.1. The molecule has 1 radical (unpaired) electrons. The summed E-state index contributed by atoms with van der Waals surface area (Å²) < 4.78 is 41.0. The van der Waals surface area contributed by atoms with Gasteiger partial charge in [0, 0.05) is 6.20 Å². The Balaban J connectivity index is 2.32. The smallest absolute Gasteiger partial charge is 0.271 e. The zero-order valence-corrected chi connectivity index (χ0v) is 9.26. The first-order chi connectivity index (χ1) is 8.06. The molecule has 0 bridgehead atoms. The quantitative estimate of drug-likeness (QED) is 0.839. The number of nitrogens with zero attached hydrogens (tertiary/aromatic N) is 1. The molecule has 0 unspecified atom stereocenters. The number of rotatable bonds is 3. The van der Waals surface area contributed by atoms with Gasteiger partial charge in [-0.05, 0) is 5.56 Å². The topological polar surface area (TPSA) is 22.1 Å². The first kappa shape index (κ1) is 12.1. The van der Waals surface area contributed by atoms with Crippen molar-refractivity contribution in [3.8, 4) is 0 Å². The summed E-state index contributed by atoms with van der Waals surface area (Å²) in [6.45, 7) is 0. The third kappa shape index (κ3) is 3.28. The summed E-state index contributed by atoms with van der Waals surface area (Å²) in [7, 11) is 0. The maximum atomic E-state index is 12.3. The van der Waals surface area contributed by atoms with Crippen molar-refractivity contribution < 1.29 is 17.9 Å². The van der Waals surface area contributed by atoms with Gasteiger partial charge in [0.05, 0.1) is 10.4 Å². The first-order valence-corrected chi connectivity index (χ1v) is 5.51. The number of benzene rings is 1. The molecule has 0 N–H and O–H groups in total. The highest BCUT2D eigenvalue weighted by atomic mass is 32.1. The number of alkyl halides is 3. The van der Waals surface area contributed by atoms with Crippen LogP contribution < -0.4 is 0 Å². The van der Waals surface area contributed by atoms with Crippen LogP contribution in [0.25, 0.3) is 0 Å². The van der Waals surface area contributed by atoms with E-state index in [1.807, 2.05) is 0 Å². The lowest BCUT2D eigenvalue weighted by Gasteiger charge is -2.16. The Hall–Kier alpha value is -1.40. The lowest BCUT2D eigenvalue weighted by molar-refractivity contribution is -0.313. The van der Waals surface area contributed by atoms with Crippen molar-refractivity contribution in [2.24, 2.45) is 0 Å². The number of halogens is 3. The Labute approximate surface area is 99.7 Å². The highest BCUT2D eigenvalue weighted by molar-refractivity contribution is 7.10. The van der Waals surface area contributed by atoms with E-state index in [0.29, 0.717) is 10.4 Å². The normalized spacial score (nSPS) is 12.0. The van der Waals surface area contributed by atoms with Gasteiger partial charge in [0.1, 0.15) is 0 Å². The standard InChI is InChI=1S/C11H7F3NOS/c12-11(13,14)16-10(9-6-15-7-17-9)8-4-2-1-3-5-8/h1-7H. The van der Waals surface area contributed by atoms with Crippen molar-refractivity contribution >= 4 is 11.3 Å². The predicted molar refractivity (Wildman–Crippen MR) is 57.1 cm³/mol. The van der Waals surface area contributed by atoms with Crippen LogP contribution in [0.15, 0.2) is 42.0 Å². The van der Waals surface area contributed by atoms with Crippen LogP contribution in [0.1, 0.15) is 10.4 Å². The summed E-state index contributed by atoms with van der Waals surface area (Å²) in [4.78, 5) is 4.09. The van der Waals surface area contributed by atoms with Gasteiger partial charge in [0.15, 0.2) is 6.10 Å². The molecule has 1 heterocycles. The first-order valence-electron chi connectivity index (χ1n) is 4.63. The molecule has 0 aliphatic carbocycles. The van der Waals surface area contributed by atoms with Crippen LogP contribution in [0.2, 0.25) is 0 Å². The molecular formula is C11H7F3NOS. The number of hydrogen-bond donors (Lipinski definition) is 0. The predicted octanol–water partition coefficient (Wildman–Crippen LogP) is 3.61. The fraction of sp³-hybridized carbons (Fsp3) is 0.0909. The summed E-state index contributed by atoms with van der Waals surface area (Å²) in [6, 6.07) is 8.13. The molecule has 0 amide bonds. The SMILES string of the molecule is FC(F)(F)O[C](c1ccccc1)c1cncs1. The van der Waals surface area contributed by atoms with Crippen molar-refractivity contribution in [3.63, 3.8) is 0 Å². The molecule has 0 spiro atoms. The summed E-state index contributed by atoms with van der Waals surface area (Å²) in [5.41, 5.74) is 1.83. The van der Waals surface area contributed by atoms with Crippen LogP contribution in [0.5, 0.6) is 0 Å². The van der Waals surface area contributed by atoms with Gasteiger partial charge in [-0.2, -0.15) is 0 Å². The average Bonchev–Trinajstić information content (AvgIpc) is 2.79. The van der Waals surface area contributed by atoms with Crippen molar-refractivity contribution in [1.29, 1.82) is 0 Å². The summed E-state index contributed by atoms with van der Waals surface area (Å²) >= 11 is 1.09. The number of hydrogen-bond acceptors (Lipinski definition) is 3. The van der Waals surface area contributed by atoms with Gasteiger partial charge in [-0.25, -0.2) is 0 Å². The van der Waals surface area contributed by atoms with E-state index in [9.17, 15) is 13.2 Å². The molecule has 2 aromatic rings. The number of ether oxygens (including phenoxy) is 1. The van der Waals surface area contributed by atoms with Crippen molar-refractivity contribution in [2.45, 2.75) is 6.36 Å². The highest BCUT2D eigenvalue weighted by Gasteiger charge is 2.36. The van der Waals surface area contributed by atoms with Crippen LogP contribution >= 0.6 is 11.3 Å². The van der Waals surface area contributed by atoms with Gasteiger partial charge < -0.3 is 0 Å². The van der Waals surface area contributed by atoms with Gasteiger partial charge >= 0.3 is 6.36 Å². The van der Waals surface area contributed by atoms with Gasteiger partial charge in [-0.15, -0.1) is 24.5 Å². The lowest BCUT2D eigenvalue weighted by Crippen LogP contribution is -2.19. The van der Waals surface area contributed by atoms with E-state index in [2.05, 4.69) is 9.72 Å². The molecule has 0 aliphatic heterocycles. The minimum Gasteiger partial charge on any atom is -0.271 e. The number of aromatic nitrogens is 1. The molecule has 6 heteroatoms. The fourth-order valence-corrected chi connectivity index (χ4v) is 1.91. The van der Waals surface area contributed by atoms with E-state index >= 15 is 0 Å². The highest BCUT2D eigenvalue weighted by Crippen LogP contribution is 2.33. The third-order valence-electron chi connectivity index (χ3n) is 1.91. The minimum absolute atomic E-state index is 0.222. The summed E-state index contributed by atoms with van der Waals surface area (Å²) in [6.07, 6.45) is -3.59. The maximum Gasteiger partial charge on any atom is 0.523 e. The van der Waals surface area contributed by atoms with E-state index in [4.69, 9.17) is 0 Å². The second-order valence-electron chi connectivity index (χ2n) is 3.11. The van der Waals surface area contributed by atoms with Crippen molar-refractivity contribution in [2.75, 3.05) is 0 Å². The van der Waals surface area contributed by atoms with E-state index in [1.165, 1.54) is 11.7 Å². The maximum absolute atomic E-state index is 12.3. The van der Waals surface area contributed by atoms with E-state index in [1.54, 1.807) is 30.3 Å². The average molecular weight is 258 g/mol. The molecule has 0 atom stereocenters. The molecule has 0 saturated heterocycles. The molecule has 0 aliphatic rings. The summed E-state index contributed by atoms with van der Waals surface area (Å²) in [5, 5.41) is 0. The van der Waals surface area contributed by atoms with Crippen molar-refractivity contribution in [3.05, 3.63) is 58.6 Å². The molecule has 1 aromatic carbocycles. The number of thiazole rings is 1. The van der Waals surface area contributed by atoms with Crippen molar-refractivity contribution in [1.82, 2.24) is 4.98 Å². The Morgan fingerprint density at radius 1 is 1.18 bits per heavy atom. The minimum atomic E-state index is -4.71. The van der Waals surface area contributed by atoms with Crippen LogP contribution in [0.4, 0.5) is 13.2 Å². The third-order valence-corrected chi connectivity index (χ3v) is 2.68. The van der Waals surface area contributed by atoms with E-state index in [-0.39, 0.29) is 6.10 Å². The van der Waals surface area contributed by atoms with Gasteiger partial charge in [0.2, 0.25) is 0 Å². The van der Waals surface area contributed by atoms with Gasteiger partial charge in [-0.3, -0.25) is 9.72 Å². The molecule has 0 saturated carbocycles. The Morgan fingerprint density at radius 2 is 1.88 bits per heavy atom. The monoisotopic (exact) mass is 258 g/mol. The van der Waals surface area contributed by atoms with Gasteiger partial charge in [0.25, 0.3) is 0 Å². The molecular weight excluding hydrogens is 251 g/mol. The van der Waals surface area contributed by atoms with Gasteiger partial charge in [-0.1, -0.05) is 30.3 Å². The van der Waals surface area contributed by atoms with Crippen LogP contribution in [-0.2, 0) is 4.74 Å². The Kier molecular flexibility index (Phi) is 3.44. The van der Waals surface area contributed by atoms with Crippen LogP contribution in [0.3, 0.4) is 0 Å². The second-order valence-corrected chi connectivity index (χ2v) is 3.99. The van der Waals surface area contributed by atoms with E-state index < -0.39 is 6.36 Å². The molecule has 1 aromatic heterocycles. The fourth-order valence-electron chi connectivity index (χ4n) is 1.28.